The predicted molar refractivity (Wildman–Crippen MR) is 74.4 cm³/mol. The zero-order valence-corrected chi connectivity index (χ0v) is 12.1. The molecular formula is C14H20F2N2O3. The van der Waals surface area contributed by atoms with Crippen molar-refractivity contribution < 1.29 is 23.0 Å². The molecule has 0 spiro atoms. The Labute approximate surface area is 122 Å². The lowest BCUT2D eigenvalue weighted by Gasteiger charge is -2.13. The number of hydrogen-bond acceptors (Lipinski definition) is 4. The summed E-state index contributed by atoms with van der Waals surface area (Å²) in [5.41, 5.74) is 6.24. The van der Waals surface area contributed by atoms with Gasteiger partial charge in [0, 0.05) is 19.0 Å². The van der Waals surface area contributed by atoms with Crippen molar-refractivity contribution in [2.24, 2.45) is 5.73 Å². The first kappa shape index (κ1) is 17.2. The second kappa shape index (κ2) is 8.41. The molecule has 1 aromatic carbocycles. The van der Waals surface area contributed by atoms with E-state index in [1.54, 1.807) is 26.0 Å². The predicted octanol–water partition coefficient (Wildman–Crippen LogP) is 2.04. The van der Waals surface area contributed by atoms with Gasteiger partial charge < -0.3 is 20.5 Å². The third-order valence-electron chi connectivity index (χ3n) is 2.52. The summed E-state index contributed by atoms with van der Waals surface area (Å²) in [5.74, 6) is 0.0186. The quantitative estimate of drug-likeness (QED) is 0.770. The van der Waals surface area contributed by atoms with E-state index in [0.717, 1.165) is 5.56 Å². The van der Waals surface area contributed by atoms with Crippen molar-refractivity contribution in [3.05, 3.63) is 23.8 Å². The number of amides is 1. The molecule has 5 nitrogen and oxygen atoms in total. The molecule has 1 aromatic rings. The zero-order valence-electron chi connectivity index (χ0n) is 12.1. The van der Waals surface area contributed by atoms with E-state index in [4.69, 9.17) is 10.5 Å². The van der Waals surface area contributed by atoms with Crippen LogP contribution in [-0.2, 0) is 11.3 Å². The Balaban J connectivity index is 2.71. The molecule has 0 bridgehead atoms. The zero-order chi connectivity index (χ0) is 15.8. The number of ether oxygens (including phenoxy) is 2. The first-order valence-corrected chi connectivity index (χ1v) is 6.65. The number of hydrogen-bond donors (Lipinski definition) is 2. The van der Waals surface area contributed by atoms with Gasteiger partial charge in [-0.05, 0) is 31.5 Å². The molecule has 0 saturated heterocycles. The normalized spacial score (nSPS) is 12.1. The maximum atomic E-state index is 12.3. The summed E-state index contributed by atoms with van der Waals surface area (Å²) >= 11 is 0. The number of nitrogens with two attached hydrogens (primary N) is 1. The van der Waals surface area contributed by atoms with Gasteiger partial charge in [0.25, 0.3) is 0 Å². The third-order valence-corrected chi connectivity index (χ3v) is 2.52. The fraction of sp³-hybridized carbons (Fsp3) is 0.500. The summed E-state index contributed by atoms with van der Waals surface area (Å²) in [5, 5.41) is 2.70. The molecule has 0 aliphatic rings. The van der Waals surface area contributed by atoms with Crippen molar-refractivity contribution >= 4 is 5.91 Å². The highest BCUT2D eigenvalue weighted by atomic mass is 19.3. The second-order valence-corrected chi connectivity index (χ2v) is 4.55. The maximum absolute atomic E-state index is 12.3. The number of rotatable bonds is 8. The van der Waals surface area contributed by atoms with Crippen LogP contribution in [0, 0.1) is 0 Å². The van der Waals surface area contributed by atoms with Crippen LogP contribution in [0.4, 0.5) is 8.78 Å². The Hall–Kier alpha value is -1.89. The number of carbonyl (C=O) groups excluding carboxylic acids is 1. The molecular weight excluding hydrogens is 282 g/mol. The highest BCUT2D eigenvalue weighted by Crippen LogP contribution is 2.29. The average molecular weight is 302 g/mol. The fourth-order valence-corrected chi connectivity index (χ4v) is 1.69. The number of carbonyl (C=O) groups is 1. The standard InChI is InChI=1S/C14H20F2N2O3/c1-3-20-12-7-10(4-5-11(12)21-14(15)16)8-18-13(19)6-9(2)17/h4-5,7,9,14H,3,6,8,17H2,1-2H3,(H,18,19). The van der Waals surface area contributed by atoms with Gasteiger partial charge in [-0.1, -0.05) is 6.07 Å². The van der Waals surface area contributed by atoms with Gasteiger partial charge in [0.1, 0.15) is 0 Å². The number of alkyl halides is 2. The largest absolute Gasteiger partial charge is 0.490 e. The first-order chi connectivity index (χ1) is 9.92. The minimum atomic E-state index is -2.92. The number of halogens is 2. The van der Waals surface area contributed by atoms with Gasteiger partial charge in [0.15, 0.2) is 11.5 Å². The average Bonchev–Trinajstić information content (AvgIpc) is 2.38. The van der Waals surface area contributed by atoms with Crippen molar-refractivity contribution in [2.75, 3.05) is 6.61 Å². The topological polar surface area (TPSA) is 73.6 Å². The molecule has 0 aliphatic heterocycles. The van der Waals surface area contributed by atoms with Crippen LogP contribution in [0.1, 0.15) is 25.8 Å². The van der Waals surface area contributed by atoms with Crippen molar-refractivity contribution in [3.8, 4) is 11.5 Å². The lowest BCUT2D eigenvalue weighted by atomic mass is 10.2. The summed E-state index contributed by atoms with van der Waals surface area (Å²) < 4.78 is 34.2. The van der Waals surface area contributed by atoms with E-state index >= 15 is 0 Å². The summed E-state index contributed by atoms with van der Waals surface area (Å²) in [6, 6.07) is 4.33. The highest BCUT2D eigenvalue weighted by molar-refractivity contribution is 5.76. The summed E-state index contributed by atoms with van der Waals surface area (Å²) in [4.78, 5) is 11.5. The minimum absolute atomic E-state index is 0.0301. The molecule has 0 saturated carbocycles. The molecule has 1 amide bonds. The SMILES string of the molecule is CCOc1cc(CNC(=O)CC(C)N)ccc1OC(F)F. The summed E-state index contributed by atoms with van der Waals surface area (Å²) in [7, 11) is 0. The van der Waals surface area contributed by atoms with Crippen molar-refractivity contribution in [1.82, 2.24) is 5.32 Å². The lowest BCUT2D eigenvalue weighted by molar-refractivity contribution is -0.121. The van der Waals surface area contributed by atoms with Crippen LogP contribution >= 0.6 is 0 Å². The molecule has 7 heteroatoms. The maximum Gasteiger partial charge on any atom is 0.387 e. The second-order valence-electron chi connectivity index (χ2n) is 4.55. The molecule has 3 N–H and O–H groups in total. The van der Waals surface area contributed by atoms with E-state index in [0.29, 0.717) is 6.61 Å². The van der Waals surface area contributed by atoms with Gasteiger partial charge in [-0.25, -0.2) is 0 Å². The van der Waals surface area contributed by atoms with Crippen LogP contribution in [-0.4, -0.2) is 25.2 Å². The minimum Gasteiger partial charge on any atom is -0.490 e. The molecule has 118 valence electrons. The molecule has 1 atom stereocenters. The van der Waals surface area contributed by atoms with E-state index in [9.17, 15) is 13.6 Å². The van der Waals surface area contributed by atoms with Crippen LogP contribution in [0.15, 0.2) is 18.2 Å². The van der Waals surface area contributed by atoms with Gasteiger partial charge >= 0.3 is 6.61 Å². The molecule has 0 aliphatic carbocycles. The fourth-order valence-electron chi connectivity index (χ4n) is 1.69. The molecule has 0 aromatic heterocycles. The van der Waals surface area contributed by atoms with E-state index < -0.39 is 6.61 Å². The van der Waals surface area contributed by atoms with Gasteiger partial charge in [0.2, 0.25) is 5.91 Å². The van der Waals surface area contributed by atoms with Crippen molar-refractivity contribution in [3.63, 3.8) is 0 Å². The highest BCUT2D eigenvalue weighted by Gasteiger charge is 2.12. The first-order valence-electron chi connectivity index (χ1n) is 6.65. The molecule has 0 heterocycles. The van der Waals surface area contributed by atoms with E-state index in [1.807, 2.05) is 0 Å². The third kappa shape index (κ3) is 6.40. The smallest absolute Gasteiger partial charge is 0.387 e. The molecule has 1 rings (SSSR count). The molecule has 0 fully saturated rings. The Morgan fingerprint density at radius 1 is 1.38 bits per heavy atom. The lowest BCUT2D eigenvalue weighted by Crippen LogP contribution is -2.29. The summed E-state index contributed by atoms with van der Waals surface area (Å²) in [6.07, 6.45) is 0.227. The van der Waals surface area contributed by atoms with Gasteiger partial charge in [-0.2, -0.15) is 8.78 Å². The monoisotopic (exact) mass is 302 g/mol. The summed E-state index contributed by atoms with van der Waals surface area (Å²) in [6.45, 7) is 1.15. The number of benzene rings is 1. The van der Waals surface area contributed by atoms with Crippen molar-refractivity contribution in [1.29, 1.82) is 0 Å². The number of nitrogens with one attached hydrogen (secondary N) is 1. The van der Waals surface area contributed by atoms with Gasteiger partial charge in [-0.3, -0.25) is 4.79 Å². The van der Waals surface area contributed by atoms with Crippen LogP contribution in [0.3, 0.4) is 0 Å². The molecule has 1 unspecified atom stereocenters. The van der Waals surface area contributed by atoms with Gasteiger partial charge in [0.05, 0.1) is 6.61 Å². The van der Waals surface area contributed by atoms with Crippen LogP contribution in [0.2, 0.25) is 0 Å². The molecule has 21 heavy (non-hydrogen) atoms. The van der Waals surface area contributed by atoms with Crippen LogP contribution < -0.4 is 20.5 Å². The Kier molecular flexibility index (Phi) is 6.87. The van der Waals surface area contributed by atoms with E-state index in [2.05, 4.69) is 10.1 Å². The van der Waals surface area contributed by atoms with Crippen molar-refractivity contribution in [2.45, 2.75) is 39.5 Å². The van der Waals surface area contributed by atoms with E-state index in [-0.39, 0.29) is 36.4 Å². The van der Waals surface area contributed by atoms with E-state index in [1.165, 1.54) is 6.07 Å². The van der Waals surface area contributed by atoms with Crippen LogP contribution in [0.25, 0.3) is 0 Å². The Morgan fingerprint density at radius 3 is 2.67 bits per heavy atom. The van der Waals surface area contributed by atoms with Gasteiger partial charge in [-0.15, -0.1) is 0 Å². The Bertz CT molecular complexity index is 468. The van der Waals surface area contributed by atoms with Crippen LogP contribution in [0.5, 0.6) is 11.5 Å². The molecule has 0 radical (unpaired) electrons. The Morgan fingerprint density at radius 2 is 2.10 bits per heavy atom.